The fourth-order valence-electron chi connectivity index (χ4n) is 1.65. The van der Waals surface area contributed by atoms with E-state index in [4.69, 9.17) is 14.2 Å². The van der Waals surface area contributed by atoms with Crippen molar-refractivity contribution in [3.63, 3.8) is 0 Å². The molecule has 9 heteroatoms. The molecule has 8 nitrogen and oxygen atoms in total. The van der Waals surface area contributed by atoms with Gasteiger partial charge in [0.25, 0.3) is 0 Å². The summed E-state index contributed by atoms with van der Waals surface area (Å²) in [5.41, 5.74) is 0.400. The standard InChI is InChI=1S/C12H14N4O4S/c1-16-12(13-14-15-16)21-11(17)7-5-8(18-2)10(20-4)9(6-7)19-3/h5-6H,1-4H3. The molecule has 0 aliphatic heterocycles. The maximum absolute atomic E-state index is 12.3. The molecule has 0 atom stereocenters. The highest BCUT2D eigenvalue weighted by Gasteiger charge is 2.19. The van der Waals surface area contributed by atoms with Crippen molar-refractivity contribution >= 4 is 16.9 Å². The molecule has 21 heavy (non-hydrogen) atoms. The molecule has 0 saturated heterocycles. The van der Waals surface area contributed by atoms with Crippen molar-refractivity contribution in [3.8, 4) is 17.2 Å². The van der Waals surface area contributed by atoms with Gasteiger partial charge in [-0.25, -0.2) is 4.68 Å². The second-order valence-electron chi connectivity index (χ2n) is 3.89. The van der Waals surface area contributed by atoms with E-state index >= 15 is 0 Å². The second kappa shape index (κ2) is 6.44. The Hall–Kier alpha value is -2.29. The smallest absolute Gasteiger partial charge is 0.227 e. The van der Waals surface area contributed by atoms with Gasteiger partial charge in [0.15, 0.2) is 11.5 Å². The Bertz CT molecular complexity index is 633. The zero-order valence-corrected chi connectivity index (χ0v) is 12.8. The van der Waals surface area contributed by atoms with Gasteiger partial charge < -0.3 is 14.2 Å². The van der Waals surface area contributed by atoms with E-state index < -0.39 is 0 Å². The molecule has 0 saturated carbocycles. The predicted molar refractivity (Wildman–Crippen MR) is 75.1 cm³/mol. The molecule has 0 bridgehead atoms. The number of tetrazole rings is 1. The van der Waals surface area contributed by atoms with Crippen LogP contribution in [-0.4, -0.2) is 46.7 Å². The van der Waals surface area contributed by atoms with Crippen LogP contribution in [0.2, 0.25) is 0 Å². The summed E-state index contributed by atoms with van der Waals surface area (Å²) >= 11 is 0.918. The van der Waals surface area contributed by atoms with E-state index in [0.717, 1.165) is 11.8 Å². The minimum absolute atomic E-state index is 0.229. The topological polar surface area (TPSA) is 88.4 Å². The average Bonchev–Trinajstić information content (AvgIpc) is 2.90. The van der Waals surface area contributed by atoms with Gasteiger partial charge in [0.1, 0.15) is 0 Å². The lowest BCUT2D eigenvalue weighted by Gasteiger charge is -2.13. The van der Waals surface area contributed by atoms with Gasteiger partial charge in [-0.05, 0) is 34.3 Å². The quantitative estimate of drug-likeness (QED) is 0.760. The van der Waals surface area contributed by atoms with Gasteiger partial charge in [-0.15, -0.1) is 5.10 Å². The highest BCUT2D eigenvalue weighted by molar-refractivity contribution is 8.14. The van der Waals surface area contributed by atoms with Crippen LogP contribution in [-0.2, 0) is 7.05 Å². The van der Waals surface area contributed by atoms with Crippen LogP contribution in [0.3, 0.4) is 0 Å². The summed E-state index contributed by atoms with van der Waals surface area (Å²) in [6.07, 6.45) is 0. The first-order valence-electron chi connectivity index (χ1n) is 5.85. The Kier molecular flexibility index (Phi) is 4.63. The van der Waals surface area contributed by atoms with Gasteiger partial charge in [-0.3, -0.25) is 4.79 Å². The SMILES string of the molecule is COc1cc(C(=O)Sc2nnnn2C)cc(OC)c1OC. The minimum atomic E-state index is -0.229. The summed E-state index contributed by atoms with van der Waals surface area (Å²) in [5.74, 6) is 1.26. The first-order valence-corrected chi connectivity index (χ1v) is 6.67. The Labute approximate surface area is 125 Å². The lowest BCUT2D eigenvalue weighted by atomic mass is 10.2. The van der Waals surface area contributed by atoms with E-state index in [-0.39, 0.29) is 5.12 Å². The van der Waals surface area contributed by atoms with E-state index in [1.54, 1.807) is 19.2 Å². The van der Waals surface area contributed by atoms with Crippen molar-refractivity contribution < 1.29 is 19.0 Å². The maximum Gasteiger partial charge on any atom is 0.227 e. The number of ether oxygens (including phenoxy) is 3. The molecule has 1 heterocycles. The number of aryl methyl sites for hydroxylation is 1. The van der Waals surface area contributed by atoms with E-state index in [1.807, 2.05) is 0 Å². The molecule has 0 spiro atoms. The summed E-state index contributed by atoms with van der Waals surface area (Å²) < 4.78 is 17.1. The van der Waals surface area contributed by atoms with Crippen molar-refractivity contribution in [1.29, 1.82) is 0 Å². The molecule has 0 fully saturated rings. The Balaban J connectivity index is 2.35. The van der Waals surface area contributed by atoms with Crippen LogP contribution >= 0.6 is 11.8 Å². The van der Waals surface area contributed by atoms with Gasteiger partial charge in [-0.1, -0.05) is 0 Å². The van der Waals surface area contributed by atoms with Gasteiger partial charge in [0.05, 0.1) is 21.3 Å². The van der Waals surface area contributed by atoms with Crippen LogP contribution in [0.1, 0.15) is 10.4 Å². The summed E-state index contributed by atoms with van der Waals surface area (Å²) in [6.45, 7) is 0. The number of aromatic nitrogens is 4. The first kappa shape index (κ1) is 15.1. The Morgan fingerprint density at radius 3 is 2.19 bits per heavy atom. The molecule has 1 aromatic heterocycles. The van der Waals surface area contributed by atoms with E-state index in [0.29, 0.717) is 28.0 Å². The number of hydrogen-bond acceptors (Lipinski definition) is 8. The van der Waals surface area contributed by atoms with Crippen LogP contribution in [0.15, 0.2) is 17.3 Å². The van der Waals surface area contributed by atoms with E-state index in [1.165, 1.54) is 26.0 Å². The zero-order chi connectivity index (χ0) is 15.4. The predicted octanol–water partition coefficient (Wildman–Crippen LogP) is 1.17. The maximum atomic E-state index is 12.3. The highest BCUT2D eigenvalue weighted by atomic mass is 32.2. The number of benzene rings is 1. The molecule has 0 aliphatic carbocycles. The number of carbonyl (C=O) groups is 1. The van der Waals surface area contributed by atoms with Crippen LogP contribution in [0, 0.1) is 0 Å². The van der Waals surface area contributed by atoms with Crippen LogP contribution in [0.4, 0.5) is 0 Å². The number of carbonyl (C=O) groups excluding carboxylic acids is 1. The molecule has 0 unspecified atom stereocenters. The number of thioether (sulfide) groups is 1. The fourth-order valence-corrected chi connectivity index (χ4v) is 2.30. The summed E-state index contributed by atoms with van der Waals surface area (Å²) in [6, 6.07) is 3.17. The van der Waals surface area contributed by atoms with Crippen molar-refractivity contribution in [2.45, 2.75) is 5.16 Å². The van der Waals surface area contributed by atoms with Gasteiger partial charge >= 0.3 is 0 Å². The van der Waals surface area contributed by atoms with Crippen LogP contribution in [0.5, 0.6) is 17.2 Å². The highest BCUT2D eigenvalue weighted by Crippen LogP contribution is 2.39. The molecular formula is C12H14N4O4S. The van der Waals surface area contributed by atoms with Crippen LogP contribution < -0.4 is 14.2 Å². The Morgan fingerprint density at radius 2 is 1.76 bits per heavy atom. The molecule has 2 rings (SSSR count). The monoisotopic (exact) mass is 310 g/mol. The summed E-state index contributed by atoms with van der Waals surface area (Å²) in [7, 11) is 6.14. The van der Waals surface area contributed by atoms with E-state index in [9.17, 15) is 4.79 Å². The number of methoxy groups -OCH3 is 3. The minimum Gasteiger partial charge on any atom is -0.493 e. The lowest BCUT2D eigenvalue weighted by Crippen LogP contribution is -2.02. The molecule has 112 valence electrons. The fraction of sp³-hybridized carbons (Fsp3) is 0.333. The average molecular weight is 310 g/mol. The van der Waals surface area contributed by atoms with Crippen molar-refractivity contribution in [2.75, 3.05) is 21.3 Å². The number of hydrogen-bond donors (Lipinski definition) is 0. The third-order valence-electron chi connectivity index (χ3n) is 2.67. The molecular weight excluding hydrogens is 296 g/mol. The zero-order valence-electron chi connectivity index (χ0n) is 12.0. The van der Waals surface area contributed by atoms with Gasteiger partial charge in [-0.2, -0.15) is 0 Å². The molecule has 2 aromatic rings. The summed E-state index contributed by atoms with van der Waals surface area (Å²) in [4.78, 5) is 12.3. The third kappa shape index (κ3) is 3.07. The number of nitrogens with zero attached hydrogens (tertiary/aromatic N) is 4. The molecule has 0 radical (unpaired) electrons. The summed E-state index contributed by atoms with van der Waals surface area (Å²) in [5, 5.41) is 11.1. The molecule has 0 N–H and O–H groups in total. The van der Waals surface area contributed by atoms with Gasteiger partial charge in [0.2, 0.25) is 16.0 Å². The van der Waals surface area contributed by atoms with E-state index in [2.05, 4.69) is 15.5 Å². The van der Waals surface area contributed by atoms with Crippen LogP contribution in [0.25, 0.3) is 0 Å². The second-order valence-corrected chi connectivity index (χ2v) is 4.83. The normalized spacial score (nSPS) is 10.3. The molecule has 0 amide bonds. The molecule has 1 aromatic carbocycles. The first-order chi connectivity index (χ1) is 10.1. The third-order valence-corrected chi connectivity index (χ3v) is 3.62. The van der Waals surface area contributed by atoms with Crippen molar-refractivity contribution in [3.05, 3.63) is 17.7 Å². The van der Waals surface area contributed by atoms with Gasteiger partial charge in [0, 0.05) is 12.6 Å². The van der Waals surface area contributed by atoms with Crippen molar-refractivity contribution in [2.24, 2.45) is 7.05 Å². The molecule has 0 aliphatic rings. The Morgan fingerprint density at radius 1 is 1.14 bits per heavy atom. The number of rotatable bonds is 5. The lowest BCUT2D eigenvalue weighted by molar-refractivity contribution is 0.108. The van der Waals surface area contributed by atoms with Crippen molar-refractivity contribution in [1.82, 2.24) is 20.2 Å². The largest absolute Gasteiger partial charge is 0.493 e.